The summed E-state index contributed by atoms with van der Waals surface area (Å²) >= 11 is 2.87. The van der Waals surface area contributed by atoms with E-state index < -0.39 is 0 Å². The average Bonchev–Trinajstić information content (AvgIpc) is 3.27. The van der Waals surface area contributed by atoms with Crippen LogP contribution in [0, 0.1) is 11.3 Å². The zero-order valence-electron chi connectivity index (χ0n) is 20.6. The molecule has 1 aliphatic rings. The fourth-order valence-electron chi connectivity index (χ4n) is 4.24. The number of nitriles is 1. The van der Waals surface area contributed by atoms with Crippen LogP contribution in [0.15, 0.2) is 29.4 Å². The first-order chi connectivity index (χ1) is 16.9. The van der Waals surface area contributed by atoms with Crippen LogP contribution in [0.4, 0.5) is 5.00 Å². The van der Waals surface area contributed by atoms with Gasteiger partial charge >= 0.3 is 0 Å². The number of thioether (sulfide) groups is 1. The van der Waals surface area contributed by atoms with Crippen molar-refractivity contribution in [2.75, 3.05) is 11.1 Å². The standard InChI is InChI=1S/C26H31N5O2S2/c1-16(2)18-10-12-19(13-11-18)33-17(3)24-29-30-26(31(24)4)34-15-23(32)28-25-21(14-27)20-8-6-5-7-9-22(20)35-25/h10-13,16-17H,5-9,15H2,1-4H3,(H,28,32). The number of hydrogen-bond donors (Lipinski definition) is 1. The van der Waals surface area contributed by atoms with Gasteiger partial charge < -0.3 is 14.6 Å². The monoisotopic (exact) mass is 509 g/mol. The molecule has 0 bridgehead atoms. The highest BCUT2D eigenvalue weighted by molar-refractivity contribution is 7.99. The minimum Gasteiger partial charge on any atom is -0.483 e. The molecule has 0 radical (unpaired) electrons. The van der Waals surface area contributed by atoms with Gasteiger partial charge in [-0.2, -0.15) is 5.26 Å². The summed E-state index contributed by atoms with van der Waals surface area (Å²) < 4.78 is 7.93. The number of aromatic nitrogens is 3. The number of aryl methyl sites for hydroxylation is 1. The van der Waals surface area contributed by atoms with Gasteiger partial charge in [-0.3, -0.25) is 4.79 Å². The number of rotatable bonds is 8. The van der Waals surface area contributed by atoms with Crippen LogP contribution in [0.1, 0.15) is 79.4 Å². The van der Waals surface area contributed by atoms with Gasteiger partial charge in [-0.1, -0.05) is 44.2 Å². The minimum atomic E-state index is -0.291. The molecule has 1 N–H and O–H groups in total. The highest BCUT2D eigenvalue weighted by Gasteiger charge is 2.22. The number of nitrogens with one attached hydrogen (secondary N) is 1. The Morgan fingerprint density at radius 2 is 1.94 bits per heavy atom. The van der Waals surface area contributed by atoms with Crippen molar-refractivity contribution in [1.29, 1.82) is 5.26 Å². The van der Waals surface area contributed by atoms with Gasteiger partial charge in [-0.15, -0.1) is 21.5 Å². The summed E-state index contributed by atoms with van der Waals surface area (Å²) in [5.74, 6) is 1.97. The number of benzene rings is 1. The van der Waals surface area contributed by atoms with Crippen molar-refractivity contribution >= 4 is 34.0 Å². The SMILES string of the molecule is CC(C)c1ccc(OC(C)c2nnc(SCC(=O)Nc3sc4c(c3C#N)CCCCC4)n2C)cc1. The average molecular weight is 510 g/mol. The first-order valence-corrected chi connectivity index (χ1v) is 13.8. The second kappa shape index (κ2) is 11.3. The number of hydrogen-bond acceptors (Lipinski definition) is 7. The zero-order valence-corrected chi connectivity index (χ0v) is 22.3. The molecular formula is C26H31N5O2S2. The van der Waals surface area contributed by atoms with Crippen LogP contribution >= 0.6 is 23.1 Å². The van der Waals surface area contributed by atoms with E-state index in [2.05, 4.69) is 47.6 Å². The number of nitrogens with zero attached hydrogens (tertiary/aromatic N) is 4. The van der Waals surface area contributed by atoms with Gasteiger partial charge in [-0.05, 0) is 61.8 Å². The van der Waals surface area contributed by atoms with Gasteiger partial charge in [0.25, 0.3) is 0 Å². The van der Waals surface area contributed by atoms with Gasteiger partial charge in [0.2, 0.25) is 5.91 Å². The maximum atomic E-state index is 12.7. The lowest BCUT2D eigenvalue weighted by atomic mass is 10.0. The van der Waals surface area contributed by atoms with E-state index in [9.17, 15) is 10.1 Å². The van der Waals surface area contributed by atoms with Crippen molar-refractivity contribution in [1.82, 2.24) is 14.8 Å². The van der Waals surface area contributed by atoms with E-state index in [-0.39, 0.29) is 17.8 Å². The molecular weight excluding hydrogens is 478 g/mol. The molecule has 1 amide bonds. The first kappa shape index (κ1) is 25.3. The summed E-state index contributed by atoms with van der Waals surface area (Å²) in [7, 11) is 1.88. The molecule has 2 aromatic heterocycles. The molecule has 3 aromatic rings. The molecule has 9 heteroatoms. The Balaban J connectivity index is 1.36. The van der Waals surface area contributed by atoms with E-state index in [1.54, 1.807) is 11.3 Å². The Bertz CT molecular complexity index is 1220. The maximum absolute atomic E-state index is 12.7. The van der Waals surface area contributed by atoms with Crippen molar-refractivity contribution in [2.24, 2.45) is 7.05 Å². The van der Waals surface area contributed by atoms with Crippen LogP contribution < -0.4 is 10.1 Å². The Kier molecular flexibility index (Phi) is 8.14. The predicted octanol–water partition coefficient (Wildman–Crippen LogP) is 6.01. The number of thiophene rings is 1. The van der Waals surface area contributed by atoms with Crippen LogP contribution in [0.5, 0.6) is 5.75 Å². The van der Waals surface area contributed by atoms with Gasteiger partial charge in [0, 0.05) is 11.9 Å². The van der Waals surface area contributed by atoms with Crippen LogP contribution in [-0.2, 0) is 24.7 Å². The molecule has 1 atom stereocenters. The third kappa shape index (κ3) is 5.88. The molecule has 0 saturated heterocycles. The minimum absolute atomic E-state index is 0.151. The molecule has 0 saturated carbocycles. The molecule has 7 nitrogen and oxygen atoms in total. The molecule has 0 fully saturated rings. The Labute approximate surface area is 214 Å². The summed E-state index contributed by atoms with van der Waals surface area (Å²) in [6, 6.07) is 10.4. The molecule has 0 spiro atoms. The van der Waals surface area contributed by atoms with Crippen molar-refractivity contribution in [3.63, 3.8) is 0 Å². The lowest BCUT2D eigenvalue weighted by Crippen LogP contribution is -2.15. The zero-order chi connectivity index (χ0) is 24.9. The first-order valence-electron chi connectivity index (χ1n) is 12.0. The van der Waals surface area contributed by atoms with E-state index >= 15 is 0 Å². The molecule has 184 valence electrons. The molecule has 0 aliphatic heterocycles. The summed E-state index contributed by atoms with van der Waals surface area (Å²) in [6.45, 7) is 6.26. The smallest absolute Gasteiger partial charge is 0.235 e. The summed E-state index contributed by atoms with van der Waals surface area (Å²) in [6.07, 6.45) is 5.05. The van der Waals surface area contributed by atoms with Gasteiger partial charge in [0.15, 0.2) is 17.1 Å². The molecule has 2 heterocycles. The van der Waals surface area contributed by atoms with E-state index in [0.717, 1.165) is 37.0 Å². The quantitative estimate of drug-likeness (QED) is 0.295. The lowest BCUT2D eigenvalue weighted by Gasteiger charge is -2.15. The summed E-state index contributed by atoms with van der Waals surface area (Å²) in [5.41, 5.74) is 3.03. The van der Waals surface area contributed by atoms with Crippen LogP contribution in [0.25, 0.3) is 0 Å². The molecule has 1 unspecified atom stereocenters. The molecule has 35 heavy (non-hydrogen) atoms. The third-order valence-electron chi connectivity index (χ3n) is 6.21. The number of carbonyl (C=O) groups is 1. The molecule has 1 aliphatic carbocycles. The van der Waals surface area contributed by atoms with E-state index in [1.165, 1.54) is 28.6 Å². The third-order valence-corrected chi connectivity index (χ3v) is 8.44. The van der Waals surface area contributed by atoms with Crippen molar-refractivity contribution < 1.29 is 9.53 Å². The van der Waals surface area contributed by atoms with E-state index in [0.29, 0.717) is 27.5 Å². The van der Waals surface area contributed by atoms with Gasteiger partial charge in [-0.25, -0.2) is 0 Å². The van der Waals surface area contributed by atoms with E-state index in [1.807, 2.05) is 30.7 Å². The highest BCUT2D eigenvalue weighted by Crippen LogP contribution is 2.37. The summed E-state index contributed by atoms with van der Waals surface area (Å²) in [4.78, 5) is 13.9. The second-order valence-corrected chi connectivity index (χ2v) is 11.1. The Morgan fingerprint density at radius 1 is 1.20 bits per heavy atom. The fourth-order valence-corrected chi connectivity index (χ4v) is 6.21. The topological polar surface area (TPSA) is 92.8 Å². The number of ether oxygens (including phenoxy) is 1. The second-order valence-electron chi connectivity index (χ2n) is 9.10. The van der Waals surface area contributed by atoms with Crippen molar-refractivity contribution in [3.8, 4) is 11.8 Å². The summed E-state index contributed by atoms with van der Waals surface area (Å²) in [5, 5.41) is 22.5. The van der Waals surface area contributed by atoms with Crippen LogP contribution in [0.2, 0.25) is 0 Å². The van der Waals surface area contributed by atoms with E-state index in [4.69, 9.17) is 4.74 Å². The highest BCUT2D eigenvalue weighted by atomic mass is 32.2. The van der Waals surface area contributed by atoms with Gasteiger partial charge in [0.1, 0.15) is 16.8 Å². The Hall–Kier alpha value is -2.83. The lowest BCUT2D eigenvalue weighted by molar-refractivity contribution is -0.113. The van der Waals surface area contributed by atoms with Crippen LogP contribution in [0.3, 0.4) is 0 Å². The Morgan fingerprint density at radius 3 is 2.66 bits per heavy atom. The van der Waals surface area contributed by atoms with Crippen LogP contribution in [-0.4, -0.2) is 26.4 Å². The van der Waals surface area contributed by atoms with Gasteiger partial charge in [0.05, 0.1) is 11.3 Å². The normalized spacial score (nSPS) is 14.2. The number of fused-ring (bicyclic) bond motifs is 1. The molecule has 4 rings (SSSR count). The number of carbonyl (C=O) groups excluding carboxylic acids is 1. The van der Waals surface area contributed by atoms with Crippen molar-refractivity contribution in [3.05, 3.63) is 51.7 Å². The maximum Gasteiger partial charge on any atom is 0.235 e. The number of anilines is 1. The largest absolute Gasteiger partial charge is 0.483 e. The van der Waals surface area contributed by atoms with Crippen molar-refractivity contribution in [2.45, 2.75) is 70.1 Å². The number of amides is 1. The molecule has 1 aromatic carbocycles. The fraction of sp³-hybridized carbons (Fsp3) is 0.462. The predicted molar refractivity (Wildman–Crippen MR) is 140 cm³/mol.